The second-order valence-electron chi connectivity index (χ2n) is 7.05. The minimum Gasteiger partial charge on any atom is -0.375 e. The first kappa shape index (κ1) is 11.4. The molecule has 0 spiro atoms. The summed E-state index contributed by atoms with van der Waals surface area (Å²) >= 11 is 0. The van der Waals surface area contributed by atoms with Crippen molar-refractivity contribution >= 4 is 0 Å². The highest BCUT2D eigenvalue weighted by Gasteiger charge is 2.45. The molecule has 2 rings (SSSR count). The Morgan fingerprint density at radius 2 is 1.87 bits per heavy atom. The Bertz CT molecular complexity index is 241. The molecule has 0 amide bonds. The van der Waals surface area contributed by atoms with E-state index in [1.165, 1.54) is 12.8 Å². The molecule has 0 saturated carbocycles. The van der Waals surface area contributed by atoms with E-state index in [0.717, 1.165) is 13.2 Å². The van der Waals surface area contributed by atoms with Crippen LogP contribution in [-0.4, -0.2) is 35.7 Å². The molecule has 0 aromatic heterocycles. The monoisotopic (exact) mass is 211 g/mol. The highest BCUT2D eigenvalue weighted by atomic mass is 16.5. The van der Waals surface area contributed by atoms with Gasteiger partial charge in [0, 0.05) is 18.1 Å². The van der Waals surface area contributed by atoms with E-state index >= 15 is 0 Å². The number of ether oxygens (including phenoxy) is 1. The molecule has 0 aromatic rings. The van der Waals surface area contributed by atoms with Gasteiger partial charge in [0.15, 0.2) is 0 Å². The molecule has 2 atom stereocenters. The van der Waals surface area contributed by atoms with Crippen molar-refractivity contribution in [2.45, 2.75) is 65.1 Å². The lowest BCUT2D eigenvalue weighted by Gasteiger charge is -2.44. The van der Waals surface area contributed by atoms with E-state index in [0.29, 0.717) is 23.1 Å². The molecule has 88 valence electrons. The lowest BCUT2D eigenvalue weighted by molar-refractivity contribution is -0.0263. The van der Waals surface area contributed by atoms with E-state index in [2.05, 4.69) is 39.5 Å². The van der Waals surface area contributed by atoms with Gasteiger partial charge in [-0.2, -0.15) is 0 Å². The number of hydrogen-bond donors (Lipinski definition) is 0. The van der Waals surface area contributed by atoms with Crippen LogP contribution in [0.5, 0.6) is 0 Å². The lowest BCUT2D eigenvalue weighted by atomic mass is 9.80. The number of morpholine rings is 1. The summed E-state index contributed by atoms with van der Waals surface area (Å²) in [5.41, 5.74) is 0.730. The van der Waals surface area contributed by atoms with Crippen LogP contribution in [0.25, 0.3) is 0 Å². The normalized spacial score (nSPS) is 32.6. The summed E-state index contributed by atoms with van der Waals surface area (Å²) in [6.07, 6.45) is 3.03. The summed E-state index contributed by atoms with van der Waals surface area (Å²) in [4.78, 5) is 2.67. The molecule has 0 aliphatic carbocycles. The highest BCUT2D eigenvalue weighted by molar-refractivity contribution is 4.99. The van der Waals surface area contributed by atoms with Gasteiger partial charge in [0.05, 0.1) is 12.7 Å². The predicted molar refractivity (Wildman–Crippen MR) is 63.0 cm³/mol. The molecule has 0 radical (unpaired) electrons. The summed E-state index contributed by atoms with van der Waals surface area (Å²) < 4.78 is 5.67. The van der Waals surface area contributed by atoms with Gasteiger partial charge in [-0.3, -0.25) is 4.90 Å². The summed E-state index contributed by atoms with van der Waals surface area (Å²) in [5.74, 6) is 0. The van der Waals surface area contributed by atoms with Crippen LogP contribution in [0.1, 0.15) is 47.5 Å². The van der Waals surface area contributed by atoms with Crippen LogP contribution in [0, 0.1) is 5.41 Å². The first-order valence-corrected chi connectivity index (χ1v) is 6.16. The Morgan fingerprint density at radius 1 is 1.20 bits per heavy atom. The molecule has 2 bridgehead atoms. The molecule has 15 heavy (non-hydrogen) atoms. The molecular weight excluding hydrogens is 186 g/mol. The number of fused-ring (bicyclic) bond motifs is 2. The highest BCUT2D eigenvalue weighted by Crippen LogP contribution is 2.38. The van der Waals surface area contributed by atoms with Gasteiger partial charge in [0.1, 0.15) is 0 Å². The molecule has 2 aliphatic rings. The average molecular weight is 211 g/mol. The van der Waals surface area contributed by atoms with Gasteiger partial charge in [-0.15, -0.1) is 0 Å². The van der Waals surface area contributed by atoms with Crippen LogP contribution in [0.2, 0.25) is 0 Å². The number of nitrogens with zero attached hydrogens (tertiary/aromatic N) is 1. The SMILES string of the molecule is CC(C)(C)CC(C)(C)N1CC2CC1CO2. The summed E-state index contributed by atoms with van der Waals surface area (Å²) in [7, 11) is 0. The fourth-order valence-corrected chi connectivity index (χ4v) is 3.54. The number of rotatable bonds is 2. The second kappa shape index (κ2) is 3.46. The van der Waals surface area contributed by atoms with Crippen molar-refractivity contribution in [3.63, 3.8) is 0 Å². The molecule has 2 aliphatic heterocycles. The maximum atomic E-state index is 5.67. The zero-order chi connectivity index (χ0) is 11.3. The molecule has 0 N–H and O–H groups in total. The van der Waals surface area contributed by atoms with Gasteiger partial charge in [0.2, 0.25) is 0 Å². The van der Waals surface area contributed by atoms with Gasteiger partial charge < -0.3 is 4.74 Å². The second-order valence-corrected chi connectivity index (χ2v) is 7.05. The van der Waals surface area contributed by atoms with Crippen LogP contribution in [0.15, 0.2) is 0 Å². The van der Waals surface area contributed by atoms with E-state index in [4.69, 9.17) is 4.74 Å². The smallest absolute Gasteiger partial charge is 0.0718 e. The van der Waals surface area contributed by atoms with Gasteiger partial charge in [-0.25, -0.2) is 0 Å². The van der Waals surface area contributed by atoms with Gasteiger partial charge in [-0.1, -0.05) is 20.8 Å². The zero-order valence-corrected chi connectivity index (χ0v) is 10.8. The maximum absolute atomic E-state index is 5.67. The first-order chi connectivity index (χ1) is 6.78. The van der Waals surface area contributed by atoms with E-state index in [-0.39, 0.29) is 0 Å². The van der Waals surface area contributed by atoms with Crippen molar-refractivity contribution in [3.8, 4) is 0 Å². The lowest BCUT2D eigenvalue weighted by Crippen LogP contribution is -2.52. The molecule has 2 unspecified atom stereocenters. The Balaban J connectivity index is 2.03. The maximum Gasteiger partial charge on any atom is 0.0718 e. The molecule has 2 fully saturated rings. The minimum atomic E-state index is 0.321. The van der Waals surface area contributed by atoms with Crippen molar-refractivity contribution in [2.75, 3.05) is 13.2 Å². The fourth-order valence-electron chi connectivity index (χ4n) is 3.54. The summed E-state index contributed by atoms with van der Waals surface area (Å²) in [5, 5.41) is 0. The van der Waals surface area contributed by atoms with Crippen molar-refractivity contribution in [3.05, 3.63) is 0 Å². The third kappa shape index (κ3) is 2.36. The third-order valence-electron chi connectivity index (χ3n) is 3.64. The van der Waals surface area contributed by atoms with Gasteiger partial charge >= 0.3 is 0 Å². The van der Waals surface area contributed by atoms with Crippen molar-refractivity contribution < 1.29 is 4.74 Å². The van der Waals surface area contributed by atoms with Crippen molar-refractivity contribution in [1.29, 1.82) is 0 Å². The molecule has 2 heterocycles. The van der Waals surface area contributed by atoms with E-state index < -0.39 is 0 Å². The van der Waals surface area contributed by atoms with Crippen LogP contribution >= 0.6 is 0 Å². The third-order valence-corrected chi connectivity index (χ3v) is 3.64. The summed E-state index contributed by atoms with van der Waals surface area (Å²) in [6.45, 7) is 13.9. The summed E-state index contributed by atoms with van der Waals surface area (Å²) in [6, 6.07) is 0.687. The van der Waals surface area contributed by atoms with E-state index in [9.17, 15) is 0 Å². The number of hydrogen-bond acceptors (Lipinski definition) is 2. The Hall–Kier alpha value is -0.0800. The van der Waals surface area contributed by atoms with Crippen molar-refractivity contribution in [1.82, 2.24) is 4.90 Å². The Kier molecular flexibility index (Phi) is 2.63. The van der Waals surface area contributed by atoms with Crippen LogP contribution in [0.3, 0.4) is 0 Å². The molecule has 2 nitrogen and oxygen atoms in total. The van der Waals surface area contributed by atoms with Gasteiger partial charge in [-0.05, 0) is 32.1 Å². The van der Waals surface area contributed by atoms with Crippen molar-refractivity contribution in [2.24, 2.45) is 5.41 Å². The molecule has 2 saturated heterocycles. The Labute approximate surface area is 94.0 Å². The predicted octanol–water partition coefficient (Wildman–Crippen LogP) is 2.67. The van der Waals surface area contributed by atoms with Gasteiger partial charge in [0.25, 0.3) is 0 Å². The zero-order valence-electron chi connectivity index (χ0n) is 10.8. The first-order valence-electron chi connectivity index (χ1n) is 6.16. The van der Waals surface area contributed by atoms with E-state index in [1.807, 2.05) is 0 Å². The van der Waals surface area contributed by atoms with Crippen LogP contribution in [0.4, 0.5) is 0 Å². The van der Waals surface area contributed by atoms with E-state index in [1.54, 1.807) is 0 Å². The minimum absolute atomic E-state index is 0.321. The molecule has 0 aromatic carbocycles. The van der Waals surface area contributed by atoms with Crippen LogP contribution < -0.4 is 0 Å². The largest absolute Gasteiger partial charge is 0.375 e. The number of likely N-dealkylation sites (tertiary alicyclic amines) is 1. The topological polar surface area (TPSA) is 12.5 Å². The van der Waals surface area contributed by atoms with Crippen LogP contribution in [-0.2, 0) is 4.74 Å². The Morgan fingerprint density at radius 3 is 2.27 bits per heavy atom. The molecule has 2 heteroatoms. The fraction of sp³-hybridized carbons (Fsp3) is 1.00. The quantitative estimate of drug-likeness (QED) is 0.696. The average Bonchev–Trinajstić information content (AvgIpc) is 2.58. The molecular formula is C13H25NO. The standard InChI is InChI=1S/C13H25NO/c1-12(2,3)9-13(4,5)14-7-11-6-10(14)8-15-11/h10-11H,6-9H2,1-5H3.